The van der Waals surface area contributed by atoms with Crippen LogP contribution in [0.2, 0.25) is 0 Å². The summed E-state index contributed by atoms with van der Waals surface area (Å²) in [6.07, 6.45) is 7.65. The highest BCUT2D eigenvalue weighted by Crippen LogP contribution is 2.29. The lowest BCUT2D eigenvalue weighted by Crippen LogP contribution is -2.47. The molecule has 1 aliphatic heterocycles. The summed E-state index contributed by atoms with van der Waals surface area (Å²) in [5.41, 5.74) is 13.6. The van der Waals surface area contributed by atoms with Crippen molar-refractivity contribution in [3.05, 3.63) is 138 Å². The molecule has 4 aromatic carbocycles. The van der Waals surface area contributed by atoms with Gasteiger partial charge in [-0.05, 0) is 84.5 Å². The van der Waals surface area contributed by atoms with Gasteiger partial charge in [0.1, 0.15) is 6.61 Å². The topological polar surface area (TPSA) is 338 Å². The maximum atomic E-state index is 13.2. The number of imidazole rings is 1. The SMILES string of the molecule is CCC(=O)N(c1ccc(N=Nc2ccc(NC(=O)CCOCCOCCOCCOCCOCCOCCOCCOCCOCCOCCOCCOCCn3cc(CCC(=O)NCc4ccc(COc5nc(N)nc6[nH]cnc56)cc4)nn3)cc2)cc1)C1CCN(CCc2ccccc2)CC1. The van der Waals surface area contributed by atoms with Gasteiger partial charge in [-0.3, -0.25) is 14.4 Å². The summed E-state index contributed by atoms with van der Waals surface area (Å²) in [6.45, 7) is 16.6. The molecule has 4 heterocycles. The number of azo groups is 1. The number of carbonyl (C=O) groups excluding carboxylic acids is 3. The number of H-pyrrole nitrogens is 1. The molecule has 8 rings (SSSR count). The molecule has 30 heteroatoms. The number of hydrogen-bond donors (Lipinski definition) is 4. The number of aryl methyl sites for hydroxylation is 1. The summed E-state index contributed by atoms with van der Waals surface area (Å²) in [5, 5.41) is 23.0. The molecule has 1 fully saturated rings. The van der Waals surface area contributed by atoms with Crippen molar-refractivity contribution in [2.24, 2.45) is 10.2 Å². The van der Waals surface area contributed by atoms with Gasteiger partial charge in [0.05, 0.1) is 195 Å². The van der Waals surface area contributed by atoms with E-state index in [4.69, 9.17) is 67.3 Å². The van der Waals surface area contributed by atoms with Crippen molar-refractivity contribution < 1.29 is 76.0 Å². The van der Waals surface area contributed by atoms with Gasteiger partial charge in [-0.25, -0.2) is 9.67 Å². The summed E-state index contributed by atoms with van der Waals surface area (Å²) in [7, 11) is 0. The molecule has 0 radical (unpaired) electrons. The van der Waals surface area contributed by atoms with E-state index >= 15 is 0 Å². The molecule has 3 aromatic heterocycles. The largest absolute Gasteiger partial charge is 0.471 e. The minimum Gasteiger partial charge on any atom is -0.471 e. The van der Waals surface area contributed by atoms with Gasteiger partial charge < -0.3 is 92.7 Å². The van der Waals surface area contributed by atoms with E-state index in [0.717, 1.165) is 61.4 Å². The molecule has 560 valence electrons. The number of nitrogens with two attached hydrogens (primary N) is 1. The van der Waals surface area contributed by atoms with Gasteiger partial charge >= 0.3 is 0 Å². The van der Waals surface area contributed by atoms with Crippen molar-refractivity contribution in [3.63, 3.8) is 0 Å². The number of hydrogen-bond acceptors (Lipinski definition) is 25. The summed E-state index contributed by atoms with van der Waals surface area (Å²) >= 11 is 0. The number of ether oxygens (including phenoxy) is 13. The second kappa shape index (κ2) is 49.3. The van der Waals surface area contributed by atoms with Crippen LogP contribution in [0.5, 0.6) is 5.88 Å². The van der Waals surface area contributed by atoms with E-state index in [1.54, 1.807) is 28.9 Å². The monoisotopic (exact) mass is 1430 g/mol. The first kappa shape index (κ1) is 80.3. The number of amides is 3. The number of piperidine rings is 1. The number of likely N-dealkylation sites (tertiary alicyclic amines) is 1. The molecule has 5 N–H and O–H groups in total. The van der Waals surface area contributed by atoms with Gasteiger partial charge in [0, 0.05) is 69.1 Å². The van der Waals surface area contributed by atoms with E-state index < -0.39 is 0 Å². The Kier molecular flexibility index (Phi) is 38.5. The van der Waals surface area contributed by atoms with Gasteiger partial charge in [-0.15, -0.1) is 5.10 Å². The highest BCUT2D eigenvalue weighted by molar-refractivity contribution is 5.94. The number of nitrogens with one attached hydrogen (secondary N) is 3. The predicted molar refractivity (Wildman–Crippen MR) is 385 cm³/mol. The third-order valence-corrected chi connectivity index (χ3v) is 16.0. The second-order valence-electron chi connectivity index (χ2n) is 23.7. The van der Waals surface area contributed by atoms with Gasteiger partial charge in [-0.2, -0.15) is 20.2 Å². The molecular weight excluding hydrogens is 1330 g/mol. The molecule has 0 unspecified atom stereocenters. The van der Waals surface area contributed by atoms with Gasteiger partial charge in [0.2, 0.25) is 29.5 Å². The van der Waals surface area contributed by atoms with Crippen molar-refractivity contribution in [2.45, 2.75) is 77.6 Å². The fourth-order valence-corrected chi connectivity index (χ4v) is 10.5. The molecule has 1 aliphatic rings. The summed E-state index contributed by atoms with van der Waals surface area (Å²) in [5.74, 6) is 0.289. The van der Waals surface area contributed by atoms with Crippen molar-refractivity contribution in [3.8, 4) is 5.88 Å². The zero-order valence-corrected chi connectivity index (χ0v) is 59.3. The average Bonchev–Trinajstić information content (AvgIpc) is 1.78. The average molecular weight is 1430 g/mol. The van der Waals surface area contributed by atoms with Crippen LogP contribution in [0.4, 0.5) is 28.7 Å². The molecule has 0 bridgehead atoms. The molecule has 30 nitrogen and oxygen atoms in total. The van der Waals surface area contributed by atoms with Crippen LogP contribution in [0.3, 0.4) is 0 Å². The van der Waals surface area contributed by atoms with E-state index in [-0.39, 0.29) is 55.8 Å². The van der Waals surface area contributed by atoms with Crippen LogP contribution in [0, 0.1) is 0 Å². The van der Waals surface area contributed by atoms with Crippen molar-refractivity contribution in [2.75, 3.05) is 194 Å². The number of fused-ring (bicyclic) bond motifs is 1. The van der Waals surface area contributed by atoms with Crippen LogP contribution in [0.1, 0.15) is 61.4 Å². The van der Waals surface area contributed by atoms with Crippen LogP contribution in [0.25, 0.3) is 11.2 Å². The minimum absolute atomic E-state index is 0.0807. The third-order valence-electron chi connectivity index (χ3n) is 16.0. The number of benzene rings is 4. The zero-order chi connectivity index (χ0) is 71.8. The smallest absolute Gasteiger partial charge is 0.247 e. The maximum absolute atomic E-state index is 13.2. The maximum Gasteiger partial charge on any atom is 0.247 e. The molecule has 0 spiro atoms. The summed E-state index contributed by atoms with van der Waals surface area (Å²) in [4.78, 5) is 58.0. The Hall–Kier alpha value is -8.34. The van der Waals surface area contributed by atoms with E-state index in [1.165, 1.54) is 11.9 Å². The van der Waals surface area contributed by atoms with Crippen LogP contribution >= 0.6 is 0 Å². The first-order valence-corrected chi connectivity index (χ1v) is 35.5. The van der Waals surface area contributed by atoms with Crippen LogP contribution in [-0.4, -0.2) is 242 Å². The zero-order valence-electron chi connectivity index (χ0n) is 59.3. The van der Waals surface area contributed by atoms with E-state index in [0.29, 0.717) is 212 Å². The highest BCUT2D eigenvalue weighted by Gasteiger charge is 2.28. The molecule has 0 saturated carbocycles. The molecule has 0 aliphatic carbocycles. The number of nitrogens with zero attached hydrogens (tertiary/aromatic N) is 10. The van der Waals surface area contributed by atoms with E-state index in [2.05, 4.69) is 80.3 Å². The molecule has 0 atom stereocenters. The Labute approximate surface area is 602 Å². The van der Waals surface area contributed by atoms with Gasteiger partial charge in [-0.1, -0.05) is 66.7 Å². The Balaban J connectivity index is 0.489. The molecule has 1 saturated heterocycles. The van der Waals surface area contributed by atoms with Crippen molar-refractivity contribution in [1.82, 2.24) is 45.1 Å². The van der Waals surface area contributed by atoms with Crippen LogP contribution in [-0.2, 0) is 104 Å². The van der Waals surface area contributed by atoms with E-state index in [1.807, 2.05) is 72.6 Å². The van der Waals surface area contributed by atoms with Crippen molar-refractivity contribution >= 4 is 57.6 Å². The fourth-order valence-electron chi connectivity index (χ4n) is 10.5. The Bertz CT molecular complexity index is 3460. The normalized spacial score (nSPS) is 12.8. The number of nitrogen functional groups attached to an aromatic ring is 1. The number of anilines is 3. The third kappa shape index (κ3) is 32.9. The number of rotatable bonds is 56. The minimum atomic E-state index is -0.160. The molecule has 3 amide bonds. The lowest BCUT2D eigenvalue weighted by Gasteiger charge is -2.38. The lowest BCUT2D eigenvalue weighted by molar-refractivity contribution is -0.121. The predicted octanol–water partition coefficient (Wildman–Crippen LogP) is 7.45. The number of aromatic nitrogens is 7. The van der Waals surface area contributed by atoms with Gasteiger partial charge in [0.15, 0.2) is 11.2 Å². The second-order valence-corrected chi connectivity index (χ2v) is 23.7. The Morgan fingerprint density at radius 1 is 0.553 bits per heavy atom. The quantitative estimate of drug-likeness (QED) is 0.0212. The number of aromatic amines is 1. The Morgan fingerprint density at radius 3 is 1.59 bits per heavy atom. The summed E-state index contributed by atoms with van der Waals surface area (Å²) < 4.78 is 74.4. The molecule has 7 aromatic rings. The standard InChI is InChI=1S/C73H102N14O16/c1-2-69(90)87(66-23-27-85(28-24-66)26-22-58-6-4-3-5-7-58)65-19-16-63(17-20-65)82-81-62-14-12-61(13-15-62)78-68(89)25-30-91-32-34-93-36-38-95-40-42-97-44-46-99-48-50-101-52-53-102-51-49-100-47-45-98-43-41-96-39-37-94-35-33-92-31-29-86-55-64(83-84-86)18-21-67(88)75-54-59-8-10-60(11-9-59)56-103-72-70-71(77-57-76-70)79-73(74)80-72/h3-17,19-20,55,57,66H,2,18,21-54,56H2,1H3,(H,75,88)(H,78,89)(H3,74,76,77,79,80). The first-order chi connectivity index (χ1) is 50.7. The molecule has 103 heavy (non-hydrogen) atoms. The first-order valence-electron chi connectivity index (χ1n) is 35.5. The van der Waals surface area contributed by atoms with E-state index in [9.17, 15) is 14.4 Å². The van der Waals surface area contributed by atoms with Crippen molar-refractivity contribution in [1.29, 1.82) is 0 Å². The lowest BCUT2D eigenvalue weighted by atomic mass is 10.0. The van der Waals surface area contributed by atoms with Crippen LogP contribution < -0.4 is 26.0 Å². The Morgan fingerprint density at radius 2 is 1.06 bits per heavy atom. The summed E-state index contributed by atoms with van der Waals surface area (Å²) in [6, 6.07) is 33.3. The highest BCUT2D eigenvalue weighted by atomic mass is 16.6. The number of carbonyl (C=O) groups is 3. The van der Waals surface area contributed by atoms with Gasteiger partial charge in [0.25, 0.3) is 0 Å². The van der Waals surface area contributed by atoms with Crippen LogP contribution in [0.15, 0.2) is 126 Å². The fraction of sp³-hybridized carbons (Fsp3) is 0.534. The molecular formula is C73H102N14O16.